The maximum absolute atomic E-state index is 13.2. The number of rotatable bonds is 4. The first-order chi connectivity index (χ1) is 15.8. The Kier molecular flexibility index (Phi) is 5.83. The maximum Gasteiger partial charge on any atom is 0.253 e. The van der Waals surface area contributed by atoms with Crippen molar-refractivity contribution in [2.45, 2.75) is 25.7 Å². The Morgan fingerprint density at radius 2 is 1.88 bits per heavy atom. The van der Waals surface area contributed by atoms with Crippen LogP contribution in [0.4, 0.5) is 0 Å². The van der Waals surface area contributed by atoms with Crippen LogP contribution in [-0.2, 0) is 6.42 Å². The molecule has 0 saturated carbocycles. The fraction of sp³-hybridized carbons (Fsp3) is 0.269. The minimum atomic E-state index is 0.0699. The van der Waals surface area contributed by atoms with Gasteiger partial charge in [0, 0.05) is 60.6 Å². The van der Waals surface area contributed by atoms with Gasteiger partial charge in [0.05, 0.1) is 5.69 Å². The Bertz CT molecular complexity index is 1220. The average Bonchev–Trinajstić information content (AvgIpc) is 3.10. The SMILES string of the molecule is O=C(c1ccnc(-c2cncnc2)c1)N1CCC[C@H](Cc2cccc3ccncc23)CC1. The number of carbonyl (C=O) groups is 1. The molecular weight excluding hydrogens is 398 g/mol. The molecule has 0 aliphatic carbocycles. The zero-order valence-corrected chi connectivity index (χ0v) is 17.9. The first-order valence-corrected chi connectivity index (χ1v) is 11.1. The molecule has 1 aliphatic rings. The third-order valence-corrected chi connectivity index (χ3v) is 6.28. The van der Waals surface area contributed by atoms with Crippen molar-refractivity contribution in [1.29, 1.82) is 0 Å². The van der Waals surface area contributed by atoms with Gasteiger partial charge < -0.3 is 4.90 Å². The summed E-state index contributed by atoms with van der Waals surface area (Å²) in [5.74, 6) is 0.633. The van der Waals surface area contributed by atoms with Crippen molar-refractivity contribution >= 4 is 16.7 Å². The van der Waals surface area contributed by atoms with Gasteiger partial charge in [-0.25, -0.2) is 9.97 Å². The quantitative estimate of drug-likeness (QED) is 0.481. The molecule has 3 aromatic heterocycles. The van der Waals surface area contributed by atoms with Gasteiger partial charge in [0.2, 0.25) is 0 Å². The summed E-state index contributed by atoms with van der Waals surface area (Å²) in [5.41, 5.74) is 3.54. The van der Waals surface area contributed by atoms with Crippen LogP contribution < -0.4 is 0 Å². The second-order valence-corrected chi connectivity index (χ2v) is 8.36. The van der Waals surface area contributed by atoms with E-state index in [1.807, 2.05) is 23.4 Å². The molecule has 0 spiro atoms. The lowest BCUT2D eigenvalue weighted by molar-refractivity contribution is 0.0760. The predicted molar refractivity (Wildman–Crippen MR) is 124 cm³/mol. The van der Waals surface area contributed by atoms with Crippen LogP contribution in [0.5, 0.6) is 0 Å². The standard InChI is InChI=1S/C26H25N5O/c32-26(22-7-10-30-25(14-22)23-15-28-18-29-16-23)31-11-2-3-19(8-12-31)13-21-5-1-4-20-6-9-27-17-24(20)21/h1,4-7,9-10,14-19H,2-3,8,11-13H2/t19-/m0/s1. The number of pyridine rings is 2. The number of amides is 1. The lowest BCUT2D eigenvalue weighted by atomic mass is 9.91. The highest BCUT2D eigenvalue weighted by Gasteiger charge is 2.22. The van der Waals surface area contributed by atoms with Crippen molar-refractivity contribution in [1.82, 2.24) is 24.8 Å². The van der Waals surface area contributed by atoms with Crippen molar-refractivity contribution in [2.24, 2.45) is 5.92 Å². The molecule has 1 atom stereocenters. The Morgan fingerprint density at radius 3 is 2.78 bits per heavy atom. The molecule has 1 aromatic carbocycles. The third-order valence-electron chi connectivity index (χ3n) is 6.28. The van der Waals surface area contributed by atoms with Gasteiger partial charge in [-0.3, -0.25) is 14.8 Å². The third kappa shape index (κ3) is 4.35. The van der Waals surface area contributed by atoms with Crippen molar-refractivity contribution in [3.05, 3.63) is 84.8 Å². The summed E-state index contributed by atoms with van der Waals surface area (Å²) in [6, 6.07) is 12.2. The second-order valence-electron chi connectivity index (χ2n) is 8.36. The van der Waals surface area contributed by atoms with E-state index in [0.717, 1.165) is 44.3 Å². The molecule has 4 heterocycles. The van der Waals surface area contributed by atoms with Gasteiger partial charge >= 0.3 is 0 Å². The first-order valence-electron chi connectivity index (χ1n) is 11.1. The van der Waals surface area contributed by atoms with Crippen LogP contribution in [0.2, 0.25) is 0 Å². The van der Waals surface area contributed by atoms with Crippen molar-refractivity contribution in [3.63, 3.8) is 0 Å². The minimum absolute atomic E-state index is 0.0699. The molecule has 6 nitrogen and oxygen atoms in total. The molecular formula is C26H25N5O. The lowest BCUT2D eigenvalue weighted by Gasteiger charge is -2.21. The summed E-state index contributed by atoms with van der Waals surface area (Å²) in [5, 5.41) is 2.47. The predicted octanol–water partition coefficient (Wildman–Crippen LogP) is 4.57. The number of likely N-dealkylation sites (tertiary alicyclic amines) is 1. The highest BCUT2D eigenvalue weighted by atomic mass is 16.2. The van der Waals surface area contributed by atoms with Crippen LogP contribution in [0.3, 0.4) is 0 Å². The minimum Gasteiger partial charge on any atom is -0.339 e. The van der Waals surface area contributed by atoms with Crippen LogP contribution in [0.1, 0.15) is 35.2 Å². The van der Waals surface area contributed by atoms with Gasteiger partial charge in [0.1, 0.15) is 6.33 Å². The zero-order chi connectivity index (χ0) is 21.8. The molecule has 32 heavy (non-hydrogen) atoms. The fourth-order valence-corrected chi connectivity index (χ4v) is 4.57. The Morgan fingerprint density at radius 1 is 0.969 bits per heavy atom. The molecule has 1 saturated heterocycles. The summed E-state index contributed by atoms with van der Waals surface area (Å²) in [6.07, 6.45) is 14.6. The van der Waals surface area contributed by atoms with Crippen LogP contribution in [0, 0.1) is 5.92 Å². The first kappa shape index (κ1) is 20.2. The molecule has 1 amide bonds. The van der Waals surface area contributed by atoms with Crippen molar-refractivity contribution in [3.8, 4) is 11.3 Å². The number of aromatic nitrogens is 4. The molecule has 5 rings (SSSR count). The van der Waals surface area contributed by atoms with E-state index < -0.39 is 0 Å². The Balaban J connectivity index is 1.28. The van der Waals surface area contributed by atoms with E-state index in [1.54, 1.807) is 24.7 Å². The van der Waals surface area contributed by atoms with Gasteiger partial charge in [0.15, 0.2) is 0 Å². The van der Waals surface area contributed by atoms with Crippen LogP contribution in [0.15, 0.2) is 73.7 Å². The highest BCUT2D eigenvalue weighted by Crippen LogP contribution is 2.27. The number of nitrogens with zero attached hydrogens (tertiary/aromatic N) is 5. The van der Waals surface area contributed by atoms with Crippen LogP contribution >= 0.6 is 0 Å². The monoisotopic (exact) mass is 423 g/mol. The largest absolute Gasteiger partial charge is 0.339 e. The molecule has 4 aromatic rings. The van der Waals surface area contributed by atoms with Gasteiger partial charge in [0.25, 0.3) is 5.91 Å². The molecule has 1 fully saturated rings. The van der Waals surface area contributed by atoms with Crippen LogP contribution in [-0.4, -0.2) is 43.8 Å². The van der Waals surface area contributed by atoms with Gasteiger partial charge in [-0.2, -0.15) is 0 Å². The van der Waals surface area contributed by atoms with Crippen molar-refractivity contribution in [2.75, 3.05) is 13.1 Å². The summed E-state index contributed by atoms with van der Waals surface area (Å²) in [7, 11) is 0. The van der Waals surface area contributed by atoms with E-state index in [-0.39, 0.29) is 5.91 Å². The van der Waals surface area contributed by atoms with E-state index in [1.165, 1.54) is 22.7 Å². The fourth-order valence-electron chi connectivity index (χ4n) is 4.57. The smallest absolute Gasteiger partial charge is 0.253 e. The van der Waals surface area contributed by atoms with E-state index in [2.05, 4.69) is 44.2 Å². The molecule has 0 unspecified atom stereocenters. The number of benzene rings is 1. The maximum atomic E-state index is 13.2. The summed E-state index contributed by atoms with van der Waals surface area (Å²) < 4.78 is 0. The molecule has 0 N–H and O–H groups in total. The number of fused-ring (bicyclic) bond motifs is 1. The molecule has 6 heteroatoms. The molecule has 160 valence electrons. The average molecular weight is 424 g/mol. The number of hydrogen-bond donors (Lipinski definition) is 0. The number of carbonyl (C=O) groups excluding carboxylic acids is 1. The molecule has 1 aliphatic heterocycles. The van der Waals surface area contributed by atoms with Crippen LogP contribution in [0.25, 0.3) is 22.0 Å². The van der Waals surface area contributed by atoms with E-state index >= 15 is 0 Å². The summed E-state index contributed by atoms with van der Waals surface area (Å²) >= 11 is 0. The lowest BCUT2D eigenvalue weighted by Crippen LogP contribution is -2.32. The Hall–Kier alpha value is -3.67. The highest BCUT2D eigenvalue weighted by molar-refractivity contribution is 5.95. The Labute approximate surface area is 187 Å². The van der Waals surface area contributed by atoms with Gasteiger partial charge in [-0.1, -0.05) is 18.2 Å². The number of hydrogen-bond acceptors (Lipinski definition) is 5. The topological polar surface area (TPSA) is 71.9 Å². The summed E-state index contributed by atoms with van der Waals surface area (Å²) in [4.78, 5) is 32.0. The summed E-state index contributed by atoms with van der Waals surface area (Å²) in [6.45, 7) is 1.57. The van der Waals surface area contributed by atoms with Crippen molar-refractivity contribution < 1.29 is 4.79 Å². The second kappa shape index (κ2) is 9.22. The van der Waals surface area contributed by atoms with E-state index in [4.69, 9.17) is 0 Å². The van der Waals surface area contributed by atoms with E-state index in [0.29, 0.717) is 17.2 Å². The molecule has 0 bridgehead atoms. The normalized spacial score (nSPS) is 16.6. The van der Waals surface area contributed by atoms with Gasteiger partial charge in [-0.05, 0) is 60.7 Å². The molecule has 0 radical (unpaired) electrons. The van der Waals surface area contributed by atoms with E-state index in [9.17, 15) is 4.79 Å². The zero-order valence-electron chi connectivity index (χ0n) is 17.9. The van der Waals surface area contributed by atoms with Gasteiger partial charge in [-0.15, -0.1) is 0 Å².